The summed E-state index contributed by atoms with van der Waals surface area (Å²) < 4.78 is 7.26. The summed E-state index contributed by atoms with van der Waals surface area (Å²) >= 11 is -0.769. The van der Waals surface area contributed by atoms with Crippen LogP contribution in [-0.4, -0.2) is 29.6 Å². The fourth-order valence-electron chi connectivity index (χ4n) is 8.34. The van der Waals surface area contributed by atoms with Gasteiger partial charge in [-0.3, -0.25) is 0 Å². The van der Waals surface area contributed by atoms with Crippen LogP contribution < -0.4 is 5.43 Å². The van der Waals surface area contributed by atoms with Crippen molar-refractivity contribution in [2.45, 2.75) is 12.8 Å². The van der Waals surface area contributed by atoms with Crippen LogP contribution in [0.1, 0.15) is 22.3 Å². The summed E-state index contributed by atoms with van der Waals surface area (Å²) in [6.07, 6.45) is 1.75. The van der Waals surface area contributed by atoms with Gasteiger partial charge in [-0.05, 0) is 0 Å². The van der Waals surface area contributed by atoms with Crippen LogP contribution in [0, 0.1) is 0 Å². The molecular formula is C45H28N2OTe. The van der Waals surface area contributed by atoms with E-state index >= 15 is 0 Å². The number of para-hydroxylation sites is 4. The monoisotopic (exact) mass is 742 g/mol. The zero-order chi connectivity index (χ0) is 32.2. The molecule has 7 aromatic carbocycles. The molecule has 0 N–H and O–H groups in total. The Morgan fingerprint density at radius 3 is 1.43 bits per heavy atom. The average Bonchev–Trinajstić information content (AvgIpc) is 3.66. The Balaban J connectivity index is 1.04. The number of hydrogen-bond acceptors (Lipinski definition) is 1. The summed E-state index contributed by atoms with van der Waals surface area (Å²) in [4.78, 5) is 14.1. The molecular weight excluding hydrogens is 712 g/mol. The third kappa shape index (κ3) is 3.99. The Morgan fingerprint density at radius 2 is 0.837 bits per heavy atom. The summed E-state index contributed by atoms with van der Waals surface area (Å²) in [5.41, 5.74) is 12.7. The SMILES string of the molecule is O=c1c2ccc(-n3c4ccccc4c4ccccc43)cc2[te]c2cc3c(cc12)Cc1ccc(-n2c4ccccc4c4ccccc42)cc1C3. The zero-order valence-corrected chi connectivity index (χ0v) is 28.8. The number of benzene rings is 7. The van der Waals surface area contributed by atoms with Crippen molar-refractivity contribution >= 4 is 81.6 Å². The fraction of sp³-hybridized carbons (Fsp3) is 0.0444. The maximum atomic E-state index is 14.1. The second kappa shape index (κ2) is 10.3. The quantitative estimate of drug-likeness (QED) is 0.128. The Hall–Kier alpha value is -5.40. The van der Waals surface area contributed by atoms with Crippen LogP contribution in [0.25, 0.3) is 72.6 Å². The van der Waals surface area contributed by atoms with Crippen molar-refractivity contribution < 1.29 is 0 Å². The molecule has 10 aromatic rings. The summed E-state index contributed by atoms with van der Waals surface area (Å²) in [5, 5.41) is 6.87. The minimum absolute atomic E-state index is 0.172. The van der Waals surface area contributed by atoms with Gasteiger partial charge in [-0.2, -0.15) is 0 Å². The van der Waals surface area contributed by atoms with Gasteiger partial charge in [-0.1, -0.05) is 0 Å². The van der Waals surface area contributed by atoms with Crippen LogP contribution in [0.2, 0.25) is 0 Å². The van der Waals surface area contributed by atoms with E-state index in [1.165, 1.54) is 78.4 Å². The van der Waals surface area contributed by atoms with Gasteiger partial charge in [-0.25, -0.2) is 0 Å². The van der Waals surface area contributed by atoms with Gasteiger partial charge in [0.25, 0.3) is 0 Å². The summed E-state index contributed by atoms with van der Waals surface area (Å²) in [6, 6.07) is 52.7. The number of fused-ring (bicyclic) bond motifs is 10. The normalized spacial score (nSPS) is 12.8. The van der Waals surface area contributed by atoms with E-state index in [0.717, 1.165) is 29.3 Å². The molecule has 0 aliphatic heterocycles. The molecule has 1 aliphatic carbocycles. The first kappa shape index (κ1) is 27.5. The summed E-state index contributed by atoms with van der Waals surface area (Å²) in [6.45, 7) is 0. The number of nitrogens with zero attached hydrogens (tertiary/aromatic N) is 2. The molecule has 0 unspecified atom stereocenters. The van der Waals surface area contributed by atoms with Crippen molar-refractivity contribution in [2.75, 3.05) is 0 Å². The van der Waals surface area contributed by atoms with E-state index in [4.69, 9.17) is 0 Å². The van der Waals surface area contributed by atoms with E-state index in [2.05, 4.69) is 155 Å². The van der Waals surface area contributed by atoms with Crippen LogP contribution in [0.4, 0.5) is 0 Å². The van der Waals surface area contributed by atoms with Crippen molar-refractivity contribution in [1.29, 1.82) is 0 Å². The molecule has 0 radical (unpaired) electrons. The van der Waals surface area contributed by atoms with Gasteiger partial charge < -0.3 is 0 Å². The molecule has 11 rings (SSSR count). The molecule has 3 aromatic heterocycles. The Kier molecular flexibility index (Phi) is 5.79. The Labute approximate surface area is 291 Å². The molecule has 0 bridgehead atoms. The average molecular weight is 740 g/mol. The number of rotatable bonds is 2. The molecule has 1 aliphatic rings. The van der Waals surface area contributed by atoms with Crippen LogP contribution in [0.15, 0.2) is 150 Å². The molecule has 0 saturated carbocycles. The third-order valence-electron chi connectivity index (χ3n) is 10.6. The van der Waals surface area contributed by atoms with Gasteiger partial charge in [0.2, 0.25) is 0 Å². The zero-order valence-electron chi connectivity index (χ0n) is 26.5. The molecule has 3 nitrogen and oxygen atoms in total. The van der Waals surface area contributed by atoms with Crippen molar-refractivity contribution in [3.05, 3.63) is 178 Å². The van der Waals surface area contributed by atoms with E-state index in [0.29, 0.717) is 0 Å². The van der Waals surface area contributed by atoms with Crippen LogP contribution in [-0.2, 0) is 12.8 Å². The van der Waals surface area contributed by atoms with Gasteiger partial charge in [0.05, 0.1) is 0 Å². The molecule has 49 heavy (non-hydrogen) atoms. The molecule has 230 valence electrons. The van der Waals surface area contributed by atoms with Gasteiger partial charge in [-0.15, -0.1) is 0 Å². The molecule has 0 fully saturated rings. The second-order valence-corrected chi connectivity index (χ2v) is 16.4. The van der Waals surface area contributed by atoms with Crippen molar-refractivity contribution in [2.24, 2.45) is 0 Å². The van der Waals surface area contributed by atoms with Crippen molar-refractivity contribution in [3.63, 3.8) is 0 Å². The molecule has 4 heteroatoms. The standard InChI is InChI=1S/C45H28N2OTe/c48-45-37-20-19-32(47-41-15-7-3-11-35(41)36-12-4-8-16-42(36)47)26-44(37)49-43-25-30-22-28-23-31(18-17-27(28)21-29(30)24-38(43)45)46-39-13-5-1-9-33(39)34-10-2-6-14-40(34)46/h1-20,23-26H,21-22H2. The first-order chi connectivity index (χ1) is 24.2. The van der Waals surface area contributed by atoms with E-state index in [-0.39, 0.29) is 5.43 Å². The number of hydrogen-bond donors (Lipinski definition) is 0. The van der Waals surface area contributed by atoms with Crippen LogP contribution >= 0.6 is 0 Å². The molecule has 3 heterocycles. The Bertz CT molecular complexity index is 2980. The molecule has 0 amide bonds. The summed E-state index contributed by atoms with van der Waals surface area (Å²) in [7, 11) is 0. The predicted molar refractivity (Wildman–Crippen MR) is 205 cm³/mol. The van der Waals surface area contributed by atoms with Crippen LogP contribution in [0.5, 0.6) is 0 Å². The Morgan fingerprint density at radius 1 is 0.388 bits per heavy atom. The van der Waals surface area contributed by atoms with Crippen molar-refractivity contribution in [3.8, 4) is 11.4 Å². The van der Waals surface area contributed by atoms with E-state index in [1.54, 1.807) is 0 Å². The van der Waals surface area contributed by atoms with Gasteiger partial charge in [0.15, 0.2) is 0 Å². The van der Waals surface area contributed by atoms with E-state index < -0.39 is 20.4 Å². The summed E-state index contributed by atoms with van der Waals surface area (Å²) in [5.74, 6) is 0. The van der Waals surface area contributed by atoms with E-state index in [1.807, 2.05) is 0 Å². The predicted octanol–water partition coefficient (Wildman–Crippen LogP) is 10.1. The van der Waals surface area contributed by atoms with Crippen LogP contribution in [0.3, 0.4) is 0 Å². The van der Waals surface area contributed by atoms with E-state index in [9.17, 15) is 4.79 Å². The fourth-order valence-corrected chi connectivity index (χ4v) is 11.6. The minimum atomic E-state index is -0.769. The van der Waals surface area contributed by atoms with Gasteiger partial charge in [0, 0.05) is 0 Å². The first-order valence-corrected chi connectivity index (χ1v) is 19.1. The first-order valence-electron chi connectivity index (χ1n) is 16.8. The molecule has 0 spiro atoms. The second-order valence-electron chi connectivity index (χ2n) is 13.3. The number of aromatic nitrogens is 2. The van der Waals surface area contributed by atoms with Gasteiger partial charge >= 0.3 is 293 Å². The van der Waals surface area contributed by atoms with Crippen molar-refractivity contribution in [1.82, 2.24) is 9.13 Å². The topological polar surface area (TPSA) is 26.9 Å². The third-order valence-corrected chi connectivity index (χ3v) is 13.8. The molecule has 0 atom stereocenters. The maximum absolute atomic E-state index is 14.1. The molecule has 0 saturated heterocycles. The van der Waals surface area contributed by atoms with Gasteiger partial charge in [0.1, 0.15) is 0 Å².